The summed E-state index contributed by atoms with van der Waals surface area (Å²) in [7, 11) is 0. The summed E-state index contributed by atoms with van der Waals surface area (Å²) in [5.74, 6) is 0.870. The highest BCUT2D eigenvalue weighted by Crippen LogP contribution is 2.31. The first kappa shape index (κ1) is 21.0. The molecule has 3 nitrogen and oxygen atoms in total. The quantitative estimate of drug-likeness (QED) is 0.276. The minimum atomic E-state index is 0.570. The van der Waals surface area contributed by atoms with E-state index in [9.17, 15) is 0 Å². The maximum absolute atomic E-state index is 5.93. The monoisotopic (exact) mass is 433 g/mol. The van der Waals surface area contributed by atoms with Gasteiger partial charge < -0.3 is 14.5 Å². The topological polar surface area (TPSA) is 34.2 Å². The maximum Gasteiger partial charge on any atom is 0.119 e. The summed E-state index contributed by atoms with van der Waals surface area (Å²) in [6.07, 6.45) is 0. The standard InChI is InChI=1S/C30H27NO2/c1-22-28-18-25(20-32-19-23-8-4-2-5-9-23)12-17-29(28)31-30(22)26-13-15-27(16-14-26)33-21-24-10-6-3-7-11-24/h2-18,31H,19-21H2,1H3. The Morgan fingerprint density at radius 1 is 0.636 bits per heavy atom. The third-order valence-corrected chi connectivity index (χ3v) is 5.89. The van der Waals surface area contributed by atoms with Crippen LogP contribution < -0.4 is 4.74 Å². The minimum Gasteiger partial charge on any atom is -0.489 e. The molecule has 1 heterocycles. The van der Waals surface area contributed by atoms with Crippen molar-refractivity contribution in [2.75, 3.05) is 0 Å². The van der Waals surface area contributed by atoms with E-state index in [4.69, 9.17) is 9.47 Å². The van der Waals surface area contributed by atoms with E-state index < -0.39 is 0 Å². The van der Waals surface area contributed by atoms with Crippen molar-refractivity contribution in [1.29, 1.82) is 0 Å². The van der Waals surface area contributed by atoms with Gasteiger partial charge in [0.1, 0.15) is 12.4 Å². The number of hydrogen-bond acceptors (Lipinski definition) is 2. The normalized spacial score (nSPS) is 11.1. The SMILES string of the molecule is Cc1c(-c2ccc(OCc3ccccc3)cc2)[nH]c2ccc(COCc3ccccc3)cc12. The highest BCUT2D eigenvalue weighted by molar-refractivity contribution is 5.91. The number of fused-ring (bicyclic) bond motifs is 1. The van der Waals surface area contributed by atoms with Crippen molar-refractivity contribution in [2.45, 2.75) is 26.7 Å². The Bertz CT molecular complexity index is 1320. The van der Waals surface area contributed by atoms with Crippen molar-refractivity contribution in [3.05, 3.63) is 125 Å². The van der Waals surface area contributed by atoms with E-state index in [2.05, 4.69) is 66.5 Å². The molecule has 0 bridgehead atoms. The number of H-pyrrole nitrogens is 1. The predicted molar refractivity (Wildman–Crippen MR) is 134 cm³/mol. The zero-order valence-electron chi connectivity index (χ0n) is 18.8. The van der Waals surface area contributed by atoms with Gasteiger partial charge in [-0.3, -0.25) is 0 Å². The molecule has 0 unspecified atom stereocenters. The molecule has 5 rings (SSSR count). The molecular weight excluding hydrogens is 406 g/mol. The van der Waals surface area contributed by atoms with Crippen molar-refractivity contribution in [2.24, 2.45) is 0 Å². The van der Waals surface area contributed by atoms with Crippen molar-refractivity contribution in [1.82, 2.24) is 4.98 Å². The highest BCUT2D eigenvalue weighted by Gasteiger charge is 2.11. The number of ether oxygens (including phenoxy) is 2. The van der Waals surface area contributed by atoms with Gasteiger partial charge in [-0.25, -0.2) is 0 Å². The molecule has 0 saturated carbocycles. The first-order valence-electron chi connectivity index (χ1n) is 11.3. The lowest BCUT2D eigenvalue weighted by Gasteiger charge is -2.07. The van der Waals surface area contributed by atoms with Gasteiger partial charge in [-0.1, -0.05) is 66.7 Å². The second kappa shape index (κ2) is 9.76. The molecule has 1 aromatic heterocycles. The molecule has 33 heavy (non-hydrogen) atoms. The molecule has 164 valence electrons. The second-order valence-corrected chi connectivity index (χ2v) is 8.28. The molecule has 1 N–H and O–H groups in total. The van der Waals surface area contributed by atoms with E-state index >= 15 is 0 Å². The number of aromatic amines is 1. The molecule has 0 atom stereocenters. The van der Waals surface area contributed by atoms with Gasteiger partial charge in [-0.2, -0.15) is 0 Å². The Hall–Kier alpha value is -3.82. The van der Waals surface area contributed by atoms with Crippen LogP contribution in [0.4, 0.5) is 0 Å². The van der Waals surface area contributed by atoms with Crippen LogP contribution in [0.25, 0.3) is 22.2 Å². The number of nitrogens with one attached hydrogen (secondary N) is 1. The molecule has 0 fully saturated rings. The molecule has 0 aliphatic rings. The lowest BCUT2D eigenvalue weighted by molar-refractivity contribution is 0.107. The predicted octanol–water partition coefficient (Wildman–Crippen LogP) is 7.44. The molecule has 0 amide bonds. The fourth-order valence-electron chi connectivity index (χ4n) is 4.07. The first-order valence-corrected chi connectivity index (χ1v) is 11.3. The van der Waals surface area contributed by atoms with Crippen LogP contribution in [0.2, 0.25) is 0 Å². The Kier molecular flexibility index (Phi) is 6.23. The Morgan fingerprint density at radius 2 is 1.27 bits per heavy atom. The third kappa shape index (κ3) is 5.00. The summed E-state index contributed by atoms with van der Waals surface area (Å²) < 4.78 is 11.9. The summed E-state index contributed by atoms with van der Waals surface area (Å²) >= 11 is 0. The van der Waals surface area contributed by atoms with Crippen LogP contribution in [0.5, 0.6) is 5.75 Å². The average molecular weight is 434 g/mol. The van der Waals surface area contributed by atoms with E-state index in [1.807, 2.05) is 48.5 Å². The van der Waals surface area contributed by atoms with Crippen LogP contribution in [0.3, 0.4) is 0 Å². The van der Waals surface area contributed by atoms with Crippen LogP contribution in [0.1, 0.15) is 22.3 Å². The molecular formula is C30H27NO2. The lowest BCUT2D eigenvalue weighted by Crippen LogP contribution is -1.94. The van der Waals surface area contributed by atoms with Crippen molar-refractivity contribution in [3.8, 4) is 17.0 Å². The Balaban J connectivity index is 1.27. The summed E-state index contributed by atoms with van der Waals surface area (Å²) in [6, 6.07) is 35.3. The van der Waals surface area contributed by atoms with E-state index in [0.29, 0.717) is 19.8 Å². The van der Waals surface area contributed by atoms with Gasteiger partial charge in [0.15, 0.2) is 0 Å². The summed E-state index contributed by atoms with van der Waals surface area (Å²) in [5, 5.41) is 1.23. The van der Waals surface area contributed by atoms with Gasteiger partial charge in [0, 0.05) is 16.6 Å². The van der Waals surface area contributed by atoms with Gasteiger partial charge in [-0.15, -0.1) is 0 Å². The Morgan fingerprint density at radius 3 is 1.97 bits per heavy atom. The van der Waals surface area contributed by atoms with Crippen LogP contribution in [-0.4, -0.2) is 4.98 Å². The molecule has 4 aromatic carbocycles. The molecule has 3 heteroatoms. The maximum atomic E-state index is 5.93. The number of hydrogen-bond donors (Lipinski definition) is 1. The van der Waals surface area contributed by atoms with E-state index in [1.165, 1.54) is 22.1 Å². The van der Waals surface area contributed by atoms with E-state index in [-0.39, 0.29) is 0 Å². The van der Waals surface area contributed by atoms with Gasteiger partial charge in [0.25, 0.3) is 0 Å². The summed E-state index contributed by atoms with van der Waals surface area (Å²) in [4.78, 5) is 3.58. The van der Waals surface area contributed by atoms with Gasteiger partial charge in [0.05, 0.1) is 13.2 Å². The first-order chi connectivity index (χ1) is 16.3. The highest BCUT2D eigenvalue weighted by atomic mass is 16.5. The van der Waals surface area contributed by atoms with E-state index in [0.717, 1.165) is 28.1 Å². The van der Waals surface area contributed by atoms with Crippen LogP contribution in [0, 0.1) is 6.92 Å². The molecule has 0 aliphatic carbocycles. The fraction of sp³-hybridized carbons (Fsp3) is 0.133. The zero-order valence-corrected chi connectivity index (χ0v) is 18.8. The lowest BCUT2D eigenvalue weighted by atomic mass is 10.1. The minimum absolute atomic E-state index is 0.570. The average Bonchev–Trinajstić information content (AvgIpc) is 3.20. The molecule has 0 spiro atoms. The number of aromatic nitrogens is 1. The third-order valence-electron chi connectivity index (χ3n) is 5.89. The van der Waals surface area contributed by atoms with Gasteiger partial charge in [-0.05, 0) is 71.1 Å². The van der Waals surface area contributed by atoms with Gasteiger partial charge in [0.2, 0.25) is 0 Å². The largest absolute Gasteiger partial charge is 0.489 e. The Labute approximate surface area is 194 Å². The van der Waals surface area contributed by atoms with Crippen LogP contribution in [-0.2, 0) is 24.6 Å². The van der Waals surface area contributed by atoms with Crippen LogP contribution >= 0.6 is 0 Å². The fourth-order valence-corrected chi connectivity index (χ4v) is 4.07. The molecule has 0 aliphatic heterocycles. The van der Waals surface area contributed by atoms with E-state index in [1.54, 1.807) is 0 Å². The van der Waals surface area contributed by atoms with Gasteiger partial charge >= 0.3 is 0 Å². The molecule has 5 aromatic rings. The molecule has 0 radical (unpaired) electrons. The van der Waals surface area contributed by atoms with Crippen molar-refractivity contribution in [3.63, 3.8) is 0 Å². The number of aryl methyl sites for hydroxylation is 1. The van der Waals surface area contributed by atoms with Crippen molar-refractivity contribution >= 4 is 10.9 Å². The molecule has 0 saturated heterocycles. The number of rotatable bonds is 8. The zero-order chi connectivity index (χ0) is 22.5. The van der Waals surface area contributed by atoms with Crippen LogP contribution in [0.15, 0.2) is 103 Å². The number of benzene rings is 4. The summed E-state index contributed by atoms with van der Waals surface area (Å²) in [6.45, 7) is 3.95. The summed E-state index contributed by atoms with van der Waals surface area (Å²) in [5.41, 5.74) is 8.20. The second-order valence-electron chi connectivity index (χ2n) is 8.28. The smallest absolute Gasteiger partial charge is 0.119 e. The van der Waals surface area contributed by atoms with Crippen molar-refractivity contribution < 1.29 is 9.47 Å².